The molecule has 5 rings (SSSR count). The zero-order valence-electron chi connectivity index (χ0n) is 17.4. The first-order chi connectivity index (χ1) is 15.9. The zero-order chi connectivity index (χ0) is 23.1. The molecule has 1 amide bonds. The van der Waals surface area contributed by atoms with E-state index in [0.29, 0.717) is 33.1 Å². The number of amides is 1. The molecule has 3 aromatic heterocycles. The maximum Gasteiger partial charge on any atom is 0.266 e. The number of nitrogens with two attached hydrogens (primary N) is 1. The van der Waals surface area contributed by atoms with Gasteiger partial charge in [-0.1, -0.05) is 29.8 Å². The van der Waals surface area contributed by atoms with Gasteiger partial charge < -0.3 is 11.1 Å². The lowest BCUT2D eigenvalue weighted by atomic mass is 10.2. The van der Waals surface area contributed by atoms with Crippen LogP contribution in [0.3, 0.4) is 0 Å². The Bertz CT molecular complexity index is 1580. The molecule has 0 bridgehead atoms. The molecule has 1 atom stereocenters. The molecule has 2 aromatic carbocycles. The Hall–Kier alpha value is -4.24. The number of para-hydroxylation sites is 1. The quantitative estimate of drug-likeness (QED) is 0.426. The van der Waals surface area contributed by atoms with Crippen molar-refractivity contribution in [1.29, 1.82) is 0 Å². The van der Waals surface area contributed by atoms with E-state index in [1.807, 2.05) is 18.2 Å². The first kappa shape index (κ1) is 20.7. The van der Waals surface area contributed by atoms with Gasteiger partial charge in [0, 0.05) is 17.4 Å². The summed E-state index contributed by atoms with van der Waals surface area (Å²) in [6.45, 7) is 1.75. The standard InChI is InChI=1S/C23H18ClN7O2/c1-13(27-22(32)18-19(25)29-30-11-5-10-26-21(18)30)20-28-17-9-8-14(24)12-16(17)23(33)31(20)15-6-3-2-4-7-15/h2-13H,1H3,(H2,25,29)(H,27,32). The van der Waals surface area contributed by atoms with Crippen LogP contribution < -0.4 is 16.6 Å². The highest BCUT2D eigenvalue weighted by molar-refractivity contribution is 6.31. The van der Waals surface area contributed by atoms with Gasteiger partial charge in [-0.3, -0.25) is 14.2 Å². The second kappa shape index (κ2) is 8.03. The Labute approximate surface area is 192 Å². The van der Waals surface area contributed by atoms with Crippen molar-refractivity contribution in [3.05, 3.63) is 93.8 Å². The number of nitrogens with one attached hydrogen (secondary N) is 1. The van der Waals surface area contributed by atoms with Crippen LogP contribution in [0.2, 0.25) is 5.02 Å². The Morgan fingerprint density at radius 1 is 1.15 bits per heavy atom. The summed E-state index contributed by atoms with van der Waals surface area (Å²) in [4.78, 5) is 35.5. The van der Waals surface area contributed by atoms with Gasteiger partial charge in [0.1, 0.15) is 11.4 Å². The number of rotatable bonds is 4. The monoisotopic (exact) mass is 459 g/mol. The van der Waals surface area contributed by atoms with Crippen LogP contribution in [0, 0.1) is 0 Å². The van der Waals surface area contributed by atoms with Crippen molar-refractivity contribution < 1.29 is 4.79 Å². The molecule has 9 nitrogen and oxygen atoms in total. The Morgan fingerprint density at radius 3 is 2.73 bits per heavy atom. The second-order valence-corrected chi connectivity index (χ2v) is 7.89. The Balaban J connectivity index is 1.63. The third kappa shape index (κ3) is 3.58. The fourth-order valence-electron chi connectivity index (χ4n) is 3.75. The summed E-state index contributed by atoms with van der Waals surface area (Å²) in [6.07, 6.45) is 3.21. The maximum absolute atomic E-state index is 13.5. The number of carbonyl (C=O) groups excluding carboxylic acids is 1. The molecule has 0 saturated carbocycles. The Morgan fingerprint density at radius 2 is 1.94 bits per heavy atom. The molecule has 0 saturated heterocycles. The topological polar surface area (TPSA) is 120 Å². The van der Waals surface area contributed by atoms with Crippen LogP contribution in [0.25, 0.3) is 22.2 Å². The number of aromatic nitrogens is 5. The first-order valence-corrected chi connectivity index (χ1v) is 10.5. The summed E-state index contributed by atoms with van der Waals surface area (Å²) in [5.74, 6) is -0.0592. The van der Waals surface area contributed by atoms with E-state index in [1.165, 1.54) is 9.08 Å². The molecule has 5 aromatic rings. The summed E-state index contributed by atoms with van der Waals surface area (Å²) < 4.78 is 2.91. The van der Waals surface area contributed by atoms with E-state index < -0.39 is 11.9 Å². The minimum atomic E-state index is -0.649. The predicted molar refractivity (Wildman–Crippen MR) is 126 cm³/mol. The summed E-state index contributed by atoms with van der Waals surface area (Å²) >= 11 is 6.12. The van der Waals surface area contributed by atoms with E-state index in [0.717, 1.165) is 0 Å². The van der Waals surface area contributed by atoms with Gasteiger partial charge >= 0.3 is 0 Å². The van der Waals surface area contributed by atoms with Gasteiger partial charge in [-0.25, -0.2) is 14.5 Å². The van der Waals surface area contributed by atoms with Gasteiger partial charge in [0.25, 0.3) is 11.5 Å². The number of halogens is 1. The van der Waals surface area contributed by atoms with Crippen LogP contribution in [0.15, 0.2) is 71.8 Å². The molecule has 1 unspecified atom stereocenters. The number of nitrogens with zero attached hydrogens (tertiary/aromatic N) is 5. The average molecular weight is 460 g/mol. The van der Waals surface area contributed by atoms with Gasteiger partial charge in [0.05, 0.1) is 22.6 Å². The van der Waals surface area contributed by atoms with Crippen LogP contribution >= 0.6 is 11.6 Å². The van der Waals surface area contributed by atoms with Crippen LogP contribution in [-0.4, -0.2) is 30.1 Å². The van der Waals surface area contributed by atoms with Crippen molar-refractivity contribution in [2.24, 2.45) is 0 Å². The molecule has 3 N–H and O–H groups in total. The lowest BCUT2D eigenvalue weighted by Crippen LogP contribution is -2.33. The summed E-state index contributed by atoms with van der Waals surface area (Å²) in [5.41, 5.74) is 7.28. The molecule has 0 spiro atoms. The normalized spacial score (nSPS) is 12.2. The number of anilines is 1. The molecule has 0 aliphatic rings. The third-order valence-corrected chi connectivity index (χ3v) is 5.49. The smallest absolute Gasteiger partial charge is 0.266 e. The van der Waals surface area contributed by atoms with Gasteiger partial charge in [-0.2, -0.15) is 0 Å². The van der Waals surface area contributed by atoms with Crippen LogP contribution in [-0.2, 0) is 0 Å². The highest BCUT2D eigenvalue weighted by atomic mass is 35.5. The number of fused-ring (bicyclic) bond motifs is 2. The average Bonchev–Trinajstić information content (AvgIpc) is 3.15. The van der Waals surface area contributed by atoms with Gasteiger partial charge in [0.15, 0.2) is 11.5 Å². The summed E-state index contributed by atoms with van der Waals surface area (Å²) in [6, 6.07) is 15.1. The van der Waals surface area contributed by atoms with Crippen molar-refractivity contribution in [3.8, 4) is 5.69 Å². The van der Waals surface area contributed by atoms with Crippen molar-refractivity contribution in [1.82, 2.24) is 29.5 Å². The van der Waals surface area contributed by atoms with Crippen molar-refractivity contribution in [2.75, 3.05) is 5.73 Å². The molecule has 164 valence electrons. The van der Waals surface area contributed by atoms with Crippen molar-refractivity contribution >= 4 is 39.9 Å². The molecule has 0 fully saturated rings. The first-order valence-electron chi connectivity index (χ1n) is 10.1. The second-order valence-electron chi connectivity index (χ2n) is 7.45. The zero-order valence-corrected chi connectivity index (χ0v) is 18.2. The van der Waals surface area contributed by atoms with Crippen molar-refractivity contribution in [3.63, 3.8) is 0 Å². The fourth-order valence-corrected chi connectivity index (χ4v) is 3.92. The molecule has 0 radical (unpaired) electrons. The van der Waals surface area contributed by atoms with Crippen molar-refractivity contribution in [2.45, 2.75) is 13.0 Å². The van der Waals surface area contributed by atoms with E-state index in [2.05, 4.69) is 15.4 Å². The number of carbonyl (C=O) groups is 1. The minimum absolute atomic E-state index is 0.0555. The maximum atomic E-state index is 13.5. The molecule has 0 aliphatic heterocycles. The predicted octanol–water partition coefficient (Wildman–Crippen LogP) is 3.16. The number of hydrogen-bond acceptors (Lipinski definition) is 6. The highest BCUT2D eigenvalue weighted by Crippen LogP contribution is 2.22. The number of hydrogen-bond donors (Lipinski definition) is 2. The fraction of sp³-hybridized carbons (Fsp3) is 0.0870. The molecule has 10 heteroatoms. The molecular weight excluding hydrogens is 442 g/mol. The molecule has 0 aliphatic carbocycles. The summed E-state index contributed by atoms with van der Waals surface area (Å²) in [7, 11) is 0. The van der Waals surface area contributed by atoms with E-state index in [-0.39, 0.29) is 16.9 Å². The SMILES string of the molecule is CC(NC(=O)c1c(N)nn2cccnc12)c1nc2ccc(Cl)cc2c(=O)n1-c1ccccc1. The third-order valence-electron chi connectivity index (χ3n) is 5.25. The van der Waals surface area contributed by atoms with E-state index in [9.17, 15) is 9.59 Å². The van der Waals surface area contributed by atoms with Gasteiger partial charge in [-0.05, 0) is 43.3 Å². The van der Waals surface area contributed by atoms with Crippen LogP contribution in [0.4, 0.5) is 5.82 Å². The summed E-state index contributed by atoms with van der Waals surface area (Å²) in [5, 5.41) is 7.83. The Kier molecular flexibility index (Phi) is 5.02. The van der Waals surface area contributed by atoms with Gasteiger partial charge in [0.2, 0.25) is 0 Å². The lowest BCUT2D eigenvalue weighted by molar-refractivity contribution is 0.0940. The van der Waals surface area contributed by atoms with Crippen LogP contribution in [0.5, 0.6) is 0 Å². The molecule has 33 heavy (non-hydrogen) atoms. The van der Waals surface area contributed by atoms with E-state index in [1.54, 1.807) is 55.7 Å². The highest BCUT2D eigenvalue weighted by Gasteiger charge is 2.24. The number of benzene rings is 2. The largest absolute Gasteiger partial charge is 0.381 e. The van der Waals surface area contributed by atoms with Crippen LogP contribution in [0.1, 0.15) is 29.1 Å². The van der Waals surface area contributed by atoms with E-state index >= 15 is 0 Å². The minimum Gasteiger partial charge on any atom is -0.381 e. The van der Waals surface area contributed by atoms with E-state index in [4.69, 9.17) is 22.3 Å². The van der Waals surface area contributed by atoms with Gasteiger partial charge in [-0.15, -0.1) is 5.10 Å². The molecule has 3 heterocycles. The lowest BCUT2D eigenvalue weighted by Gasteiger charge is -2.19. The number of nitrogen functional groups attached to an aromatic ring is 1. The molecular formula is C23H18ClN7O2.